The molecule has 10 heteroatoms. The molecule has 1 aliphatic heterocycles. The topological polar surface area (TPSA) is 110 Å². The first-order valence-electron chi connectivity index (χ1n) is 10.5. The highest BCUT2D eigenvalue weighted by Crippen LogP contribution is 2.20. The number of nitrogens with zero attached hydrogens (tertiary/aromatic N) is 3. The Hall–Kier alpha value is -3.01. The molecule has 9 nitrogen and oxygen atoms in total. The number of aromatic nitrogens is 3. The van der Waals surface area contributed by atoms with Crippen LogP contribution in [0.15, 0.2) is 24.4 Å². The molecule has 0 fully saturated rings. The Labute approximate surface area is 180 Å². The molecule has 0 saturated carbocycles. The van der Waals surface area contributed by atoms with Gasteiger partial charge in [0.25, 0.3) is 5.91 Å². The second kappa shape index (κ2) is 10.9. The molecule has 2 bridgehead atoms. The van der Waals surface area contributed by atoms with Crippen molar-refractivity contribution in [1.29, 1.82) is 0 Å². The summed E-state index contributed by atoms with van der Waals surface area (Å²) in [5.41, 5.74) is 0.889. The van der Waals surface area contributed by atoms with E-state index in [2.05, 4.69) is 26.3 Å². The number of amides is 2. The summed E-state index contributed by atoms with van der Waals surface area (Å²) in [5, 5.41) is 17.0. The number of hydrogen-bond donors (Lipinski definition) is 3. The van der Waals surface area contributed by atoms with E-state index in [-0.39, 0.29) is 29.7 Å². The third-order valence-corrected chi connectivity index (χ3v) is 4.84. The molecular weight excluding hydrogens is 403 g/mol. The molecule has 0 radical (unpaired) electrons. The predicted octanol–water partition coefficient (Wildman–Crippen LogP) is 0.903. The summed E-state index contributed by atoms with van der Waals surface area (Å²) in [6.45, 7) is 6.31. The molecule has 168 valence electrons. The van der Waals surface area contributed by atoms with Gasteiger partial charge in [0, 0.05) is 32.3 Å². The Morgan fingerprint density at radius 1 is 1.26 bits per heavy atom. The van der Waals surface area contributed by atoms with Crippen molar-refractivity contribution in [3.63, 3.8) is 0 Å². The fraction of sp³-hybridized carbons (Fsp3) is 0.524. The van der Waals surface area contributed by atoms with Crippen LogP contribution in [-0.2, 0) is 17.8 Å². The van der Waals surface area contributed by atoms with Gasteiger partial charge in [0.15, 0.2) is 0 Å². The van der Waals surface area contributed by atoms with Gasteiger partial charge in [-0.3, -0.25) is 9.59 Å². The SMILES string of the molecule is CC(C)C[C@H]1NC(=O)c2cc(F)ccc2OCCn2cc(nn2)CCNCCNC1=O. The quantitative estimate of drug-likeness (QED) is 0.651. The van der Waals surface area contributed by atoms with E-state index >= 15 is 0 Å². The van der Waals surface area contributed by atoms with Crippen LogP contribution in [0.25, 0.3) is 0 Å². The standard InChI is InChI=1S/C21H29FN6O3/c1-14(2)11-18-21(30)24-8-7-23-6-5-16-13-28(27-26-16)9-10-31-19-4-3-15(22)12-17(19)20(29)25-18/h3-4,12-14,18,23H,5-11H2,1-2H3,(H,24,30)(H,25,29)/t18-/m1/s1. The number of benzene rings is 1. The van der Waals surface area contributed by atoms with Gasteiger partial charge in [0.05, 0.1) is 17.8 Å². The molecule has 0 spiro atoms. The van der Waals surface area contributed by atoms with Crippen LogP contribution in [0, 0.1) is 11.7 Å². The zero-order valence-corrected chi connectivity index (χ0v) is 17.9. The van der Waals surface area contributed by atoms with Crippen LogP contribution in [0.3, 0.4) is 0 Å². The summed E-state index contributed by atoms with van der Waals surface area (Å²) >= 11 is 0. The molecule has 31 heavy (non-hydrogen) atoms. The Balaban J connectivity index is 1.81. The van der Waals surface area contributed by atoms with Gasteiger partial charge in [-0.15, -0.1) is 5.10 Å². The lowest BCUT2D eigenvalue weighted by Crippen LogP contribution is -2.48. The van der Waals surface area contributed by atoms with Crippen LogP contribution in [0.5, 0.6) is 5.75 Å². The fourth-order valence-corrected chi connectivity index (χ4v) is 3.29. The van der Waals surface area contributed by atoms with Gasteiger partial charge in [-0.05, 0) is 30.5 Å². The lowest BCUT2D eigenvalue weighted by molar-refractivity contribution is -0.123. The monoisotopic (exact) mass is 432 g/mol. The van der Waals surface area contributed by atoms with E-state index in [9.17, 15) is 14.0 Å². The summed E-state index contributed by atoms with van der Waals surface area (Å²) in [6, 6.07) is 3.03. The molecule has 3 N–H and O–H groups in total. The van der Waals surface area contributed by atoms with E-state index in [1.807, 2.05) is 20.0 Å². The van der Waals surface area contributed by atoms with E-state index < -0.39 is 17.8 Å². The van der Waals surface area contributed by atoms with Gasteiger partial charge in [0.2, 0.25) is 5.91 Å². The second-order valence-electron chi connectivity index (χ2n) is 7.91. The Bertz CT molecular complexity index is 901. The predicted molar refractivity (Wildman–Crippen MR) is 112 cm³/mol. The van der Waals surface area contributed by atoms with E-state index in [1.165, 1.54) is 12.1 Å². The molecule has 1 aromatic carbocycles. The molecule has 0 unspecified atom stereocenters. The molecule has 2 amide bonds. The second-order valence-corrected chi connectivity index (χ2v) is 7.91. The zero-order chi connectivity index (χ0) is 22.2. The van der Waals surface area contributed by atoms with Crippen molar-refractivity contribution in [3.8, 4) is 5.75 Å². The molecular formula is C21H29FN6O3. The minimum Gasteiger partial charge on any atom is -0.491 e. The third kappa shape index (κ3) is 6.74. The lowest BCUT2D eigenvalue weighted by Gasteiger charge is -2.21. The van der Waals surface area contributed by atoms with Crippen LogP contribution < -0.4 is 20.7 Å². The highest BCUT2D eigenvalue weighted by Gasteiger charge is 2.24. The summed E-state index contributed by atoms with van der Waals surface area (Å²) in [5.74, 6) is -0.963. The van der Waals surface area contributed by atoms with Gasteiger partial charge in [-0.2, -0.15) is 0 Å². The minimum absolute atomic E-state index is 0.0450. The summed E-state index contributed by atoms with van der Waals surface area (Å²) < 4.78 is 21.3. The molecule has 1 atom stereocenters. The first-order chi connectivity index (χ1) is 14.9. The Morgan fingerprint density at radius 3 is 2.90 bits per heavy atom. The van der Waals surface area contributed by atoms with Gasteiger partial charge < -0.3 is 20.7 Å². The molecule has 1 aliphatic rings. The number of fused-ring (bicyclic) bond motifs is 3. The van der Waals surface area contributed by atoms with E-state index in [1.54, 1.807) is 4.68 Å². The van der Waals surface area contributed by atoms with E-state index in [4.69, 9.17) is 4.74 Å². The van der Waals surface area contributed by atoms with Gasteiger partial charge in [-0.1, -0.05) is 19.1 Å². The molecule has 1 aromatic heterocycles. The lowest BCUT2D eigenvalue weighted by atomic mass is 10.0. The highest BCUT2D eigenvalue weighted by molar-refractivity contribution is 5.99. The Morgan fingerprint density at radius 2 is 2.10 bits per heavy atom. The van der Waals surface area contributed by atoms with Crippen LogP contribution in [0.1, 0.15) is 36.3 Å². The molecule has 2 aromatic rings. The van der Waals surface area contributed by atoms with Crippen LogP contribution in [-0.4, -0.2) is 59.1 Å². The maximum Gasteiger partial charge on any atom is 0.255 e. The van der Waals surface area contributed by atoms with Gasteiger partial charge in [-0.25, -0.2) is 9.07 Å². The first kappa shape index (κ1) is 22.7. The van der Waals surface area contributed by atoms with Crippen molar-refractivity contribution in [2.24, 2.45) is 5.92 Å². The first-order valence-corrected chi connectivity index (χ1v) is 10.5. The summed E-state index contributed by atoms with van der Waals surface area (Å²) in [7, 11) is 0. The summed E-state index contributed by atoms with van der Waals surface area (Å²) in [6.07, 6.45) is 3.01. The number of carbonyl (C=O) groups is 2. The minimum atomic E-state index is -0.729. The number of nitrogens with one attached hydrogen (secondary N) is 3. The van der Waals surface area contributed by atoms with Crippen molar-refractivity contribution < 1.29 is 18.7 Å². The molecule has 2 heterocycles. The van der Waals surface area contributed by atoms with Crippen molar-refractivity contribution in [2.45, 2.75) is 39.3 Å². The number of halogens is 1. The maximum atomic E-state index is 13.9. The van der Waals surface area contributed by atoms with Crippen LogP contribution in [0.4, 0.5) is 4.39 Å². The van der Waals surface area contributed by atoms with Crippen molar-refractivity contribution in [1.82, 2.24) is 30.9 Å². The summed E-state index contributed by atoms with van der Waals surface area (Å²) in [4.78, 5) is 25.6. The normalized spacial score (nSPS) is 18.9. The Kier molecular flexibility index (Phi) is 7.94. The van der Waals surface area contributed by atoms with Gasteiger partial charge in [0.1, 0.15) is 24.2 Å². The number of hydrogen-bond acceptors (Lipinski definition) is 6. The average molecular weight is 433 g/mol. The van der Waals surface area contributed by atoms with Crippen molar-refractivity contribution >= 4 is 11.8 Å². The highest BCUT2D eigenvalue weighted by atomic mass is 19.1. The molecule has 0 aliphatic carbocycles. The third-order valence-electron chi connectivity index (χ3n) is 4.84. The van der Waals surface area contributed by atoms with Crippen LogP contribution in [0.2, 0.25) is 0 Å². The fourth-order valence-electron chi connectivity index (χ4n) is 3.29. The number of carbonyl (C=O) groups excluding carboxylic acids is 2. The molecule has 0 saturated heterocycles. The van der Waals surface area contributed by atoms with E-state index in [0.717, 1.165) is 11.8 Å². The van der Waals surface area contributed by atoms with E-state index in [0.29, 0.717) is 39.0 Å². The number of rotatable bonds is 2. The smallest absolute Gasteiger partial charge is 0.255 e. The maximum absolute atomic E-state index is 13.9. The van der Waals surface area contributed by atoms with Crippen molar-refractivity contribution in [3.05, 3.63) is 41.5 Å². The largest absolute Gasteiger partial charge is 0.491 e. The number of ether oxygens (including phenoxy) is 1. The van der Waals surface area contributed by atoms with Crippen LogP contribution >= 0.6 is 0 Å². The van der Waals surface area contributed by atoms with Crippen molar-refractivity contribution in [2.75, 3.05) is 26.2 Å². The zero-order valence-electron chi connectivity index (χ0n) is 17.9. The molecule has 3 rings (SSSR count). The average Bonchev–Trinajstić information content (AvgIpc) is 3.17. The van der Waals surface area contributed by atoms with Gasteiger partial charge >= 0.3 is 0 Å².